The van der Waals surface area contributed by atoms with Crippen molar-refractivity contribution in [2.75, 3.05) is 19.6 Å². The first kappa shape index (κ1) is 23.0. The molecule has 2 aromatic heterocycles. The van der Waals surface area contributed by atoms with Crippen molar-refractivity contribution < 1.29 is 4.52 Å². The summed E-state index contributed by atoms with van der Waals surface area (Å²) in [6.07, 6.45) is 4.89. The minimum Gasteiger partial charge on any atom is -0.361 e. The van der Waals surface area contributed by atoms with Crippen molar-refractivity contribution in [3.63, 3.8) is 0 Å². The van der Waals surface area contributed by atoms with Crippen molar-refractivity contribution in [1.29, 1.82) is 0 Å². The van der Waals surface area contributed by atoms with E-state index in [1.165, 1.54) is 25.7 Å². The molecule has 0 aliphatic carbocycles. The number of halogens is 1. The summed E-state index contributed by atoms with van der Waals surface area (Å²) in [5, 5.41) is 13.5. The lowest BCUT2D eigenvalue weighted by Crippen LogP contribution is -2.40. The van der Waals surface area contributed by atoms with Crippen molar-refractivity contribution >= 4 is 11.6 Å². The summed E-state index contributed by atoms with van der Waals surface area (Å²) in [7, 11) is 0. The van der Waals surface area contributed by atoms with Crippen molar-refractivity contribution in [3.05, 3.63) is 52.9 Å². The fourth-order valence-electron chi connectivity index (χ4n) is 4.32. The van der Waals surface area contributed by atoms with Gasteiger partial charge in [0, 0.05) is 30.8 Å². The Bertz CT molecular complexity index is 997. The van der Waals surface area contributed by atoms with E-state index in [1.807, 2.05) is 48.0 Å². The second-order valence-electron chi connectivity index (χ2n) is 9.25. The maximum atomic E-state index is 6.94. The topological polar surface area (TPSA) is 59.1 Å². The van der Waals surface area contributed by atoms with E-state index in [0.717, 1.165) is 60.5 Å². The van der Waals surface area contributed by atoms with Gasteiger partial charge in [0.1, 0.15) is 22.3 Å². The van der Waals surface area contributed by atoms with Crippen LogP contribution in [0.4, 0.5) is 0 Å². The predicted octanol–water partition coefficient (Wildman–Crippen LogP) is 5.48. The molecule has 1 aromatic carbocycles. The summed E-state index contributed by atoms with van der Waals surface area (Å²) in [5.74, 6) is 1.49. The van der Waals surface area contributed by atoms with E-state index >= 15 is 0 Å². The molecule has 1 saturated heterocycles. The van der Waals surface area contributed by atoms with Crippen LogP contribution in [0.5, 0.6) is 0 Å². The van der Waals surface area contributed by atoms with Gasteiger partial charge in [-0.1, -0.05) is 55.2 Å². The standard InChI is InChI=1S/C25H34ClN5O/c1-18(2)12-13-27-20-9-7-8-14-30(16-20)17-22-24(23-15-19(3)32-29-23)28-31(25(22)26)21-10-5-4-6-11-21/h4-6,10-11,15,18,20,27H,7-9,12-14,16-17H2,1-3H3. The molecule has 0 radical (unpaired) electrons. The van der Waals surface area contributed by atoms with Crippen LogP contribution < -0.4 is 5.32 Å². The molecular formula is C25H34ClN5O. The third-order valence-corrected chi connectivity index (χ3v) is 6.47. The Hall–Kier alpha value is -2.15. The SMILES string of the molecule is Cc1cc(-c2nn(-c3ccccc3)c(Cl)c2CN2CCCCC(NCCC(C)C)C2)no1. The minimum atomic E-state index is 0.511. The lowest BCUT2D eigenvalue weighted by Gasteiger charge is -2.25. The first-order valence-corrected chi connectivity index (χ1v) is 12.1. The lowest BCUT2D eigenvalue weighted by atomic mass is 10.1. The maximum Gasteiger partial charge on any atom is 0.138 e. The molecule has 7 heteroatoms. The van der Waals surface area contributed by atoms with Gasteiger partial charge in [0.05, 0.1) is 5.69 Å². The number of rotatable bonds is 8. The summed E-state index contributed by atoms with van der Waals surface area (Å²) in [4.78, 5) is 2.51. The van der Waals surface area contributed by atoms with Gasteiger partial charge in [-0.2, -0.15) is 5.10 Å². The van der Waals surface area contributed by atoms with Crippen LogP contribution in [0.3, 0.4) is 0 Å². The van der Waals surface area contributed by atoms with E-state index in [9.17, 15) is 0 Å². The second kappa shape index (κ2) is 10.6. The Morgan fingerprint density at radius 2 is 2.03 bits per heavy atom. The van der Waals surface area contributed by atoms with Crippen molar-refractivity contribution in [2.24, 2.45) is 5.92 Å². The number of hydrogen-bond donors (Lipinski definition) is 1. The molecular weight excluding hydrogens is 422 g/mol. The fraction of sp³-hybridized carbons (Fsp3) is 0.520. The molecule has 1 atom stereocenters. The summed E-state index contributed by atoms with van der Waals surface area (Å²) < 4.78 is 7.17. The van der Waals surface area contributed by atoms with Crippen molar-refractivity contribution in [1.82, 2.24) is 25.2 Å². The van der Waals surface area contributed by atoms with Gasteiger partial charge in [-0.15, -0.1) is 0 Å². The maximum absolute atomic E-state index is 6.94. The smallest absolute Gasteiger partial charge is 0.138 e. The molecule has 1 N–H and O–H groups in total. The van der Waals surface area contributed by atoms with Crippen LogP contribution in [0.25, 0.3) is 17.1 Å². The molecule has 0 amide bonds. The highest BCUT2D eigenvalue weighted by Crippen LogP contribution is 2.32. The first-order chi connectivity index (χ1) is 15.5. The summed E-state index contributed by atoms with van der Waals surface area (Å²) in [6, 6.07) is 12.5. The van der Waals surface area contributed by atoms with Gasteiger partial charge in [-0.05, 0) is 57.3 Å². The monoisotopic (exact) mass is 455 g/mol. The number of benzene rings is 1. The molecule has 3 aromatic rings. The number of hydrogen-bond acceptors (Lipinski definition) is 5. The summed E-state index contributed by atoms with van der Waals surface area (Å²) >= 11 is 6.94. The lowest BCUT2D eigenvalue weighted by molar-refractivity contribution is 0.250. The molecule has 32 heavy (non-hydrogen) atoms. The molecule has 0 bridgehead atoms. The zero-order valence-corrected chi connectivity index (χ0v) is 20.1. The van der Waals surface area contributed by atoms with Gasteiger partial charge < -0.3 is 9.84 Å². The van der Waals surface area contributed by atoms with E-state index in [0.29, 0.717) is 11.2 Å². The average Bonchev–Trinajstić information content (AvgIpc) is 3.25. The van der Waals surface area contributed by atoms with Gasteiger partial charge in [-0.3, -0.25) is 4.90 Å². The minimum absolute atomic E-state index is 0.511. The molecule has 1 aliphatic rings. The Labute approximate surface area is 195 Å². The molecule has 3 heterocycles. The van der Waals surface area contributed by atoms with Crippen LogP contribution in [0.2, 0.25) is 5.15 Å². The van der Waals surface area contributed by atoms with Crippen LogP contribution in [-0.2, 0) is 6.54 Å². The highest BCUT2D eigenvalue weighted by Gasteiger charge is 2.25. The average molecular weight is 456 g/mol. The van der Waals surface area contributed by atoms with Crippen molar-refractivity contribution in [3.8, 4) is 17.1 Å². The zero-order valence-electron chi connectivity index (χ0n) is 19.4. The molecule has 172 valence electrons. The third kappa shape index (κ3) is 5.61. The van der Waals surface area contributed by atoms with Gasteiger partial charge >= 0.3 is 0 Å². The largest absolute Gasteiger partial charge is 0.361 e. The number of likely N-dealkylation sites (tertiary alicyclic amines) is 1. The van der Waals surface area contributed by atoms with Crippen LogP contribution >= 0.6 is 11.6 Å². The predicted molar refractivity (Wildman–Crippen MR) is 129 cm³/mol. The van der Waals surface area contributed by atoms with Crippen LogP contribution in [0.1, 0.15) is 50.9 Å². The van der Waals surface area contributed by atoms with Gasteiger partial charge in [-0.25, -0.2) is 4.68 Å². The number of nitrogens with one attached hydrogen (secondary N) is 1. The molecule has 1 unspecified atom stereocenters. The van der Waals surface area contributed by atoms with E-state index < -0.39 is 0 Å². The Balaban J connectivity index is 1.59. The van der Waals surface area contributed by atoms with Gasteiger partial charge in [0.2, 0.25) is 0 Å². The van der Waals surface area contributed by atoms with E-state index in [-0.39, 0.29) is 0 Å². The normalized spacial score (nSPS) is 17.7. The quantitative estimate of drug-likeness (QED) is 0.487. The van der Waals surface area contributed by atoms with E-state index in [1.54, 1.807) is 0 Å². The highest BCUT2D eigenvalue weighted by atomic mass is 35.5. The number of para-hydroxylation sites is 1. The highest BCUT2D eigenvalue weighted by molar-refractivity contribution is 6.31. The zero-order chi connectivity index (χ0) is 22.5. The van der Waals surface area contributed by atoms with Crippen LogP contribution in [0, 0.1) is 12.8 Å². The molecule has 4 rings (SSSR count). The Morgan fingerprint density at radius 3 is 2.75 bits per heavy atom. The third-order valence-electron chi connectivity index (χ3n) is 6.08. The second-order valence-corrected chi connectivity index (χ2v) is 9.61. The number of aromatic nitrogens is 3. The number of nitrogens with zero attached hydrogens (tertiary/aromatic N) is 4. The fourth-order valence-corrected chi connectivity index (χ4v) is 4.61. The molecule has 0 saturated carbocycles. The number of aryl methyl sites for hydroxylation is 1. The van der Waals surface area contributed by atoms with E-state index in [2.05, 4.69) is 29.2 Å². The van der Waals surface area contributed by atoms with Crippen molar-refractivity contribution in [2.45, 2.75) is 59.0 Å². The summed E-state index contributed by atoms with van der Waals surface area (Å²) in [5.41, 5.74) is 3.47. The van der Waals surface area contributed by atoms with E-state index in [4.69, 9.17) is 21.2 Å². The molecule has 6 nitrogen and oxygen atoms in total. The van der Waals surface area contributed by atoms with Crippen LogP contribution in [-0.4, -0.2) is 45.5 Å². The van der Waals surface area contributed by atoms with Crippen LogP contribution in [0.15, 0.2) is 40.9 Å². The molecule has 1 aliphatic heterocycles. The Morgan fingerprint density at radius 1 is 1.22 bits per heavy atom. The first-order valence-electron chi connectivity index (χ1n) is 11.7. The molecule has 0 spiro atoms. The van der Waals surface area contributed by atoms with Gasteiger partial charge in [0.25, 0.3) is 0 Å². The molecule has 1 fully saturated rings. The Kier molecular flexibility index (Phi) is 7.66. The van der Waals surface area contributed by atoms with Gasteiger partial charge in [0.15, 0.2) is 0 Å². The summed E-state index contributed by atoms with van der Waals surface area (Å²) in [6.45, 7) is 10.4.